The largest absolute Gasteiger partial charge is 0.487 e. The lowest BCUT2D eigenvalue weighted by atomic mass is 10.2. The summed E-state index contributed by atoms with van der Waals surface area (Å²) in [4.78, 5) is 37.2. The fraction of sp³-hybridized carbons (Fsp3) is 0.643. The molecule has 1 heterocycles. The van der Waals surface area contributed by atoms with E-state index in [1.165, 1.54) is 0 Å². The smallest absolute Gasteiger partial charge is 0.335 e. The molecule has 21 heavy (non-hydrogen) atoms. The zero-order valence-electron chi connectivity index (χ0n) is 12.3. The number of unbranched alkanes of at least 4 members (excludes halogenated alkanes) is 3. The first kappa shape index (κ1) is 17.2. The van der Waals surface area contributed by atoms with E-state index in [-0.39, 0.29) is 18.8 Å². The summed E-state index contributed by atoms with van der Waals surface area (Å²) < 4.78 is 6.15. The quantitative estimate of drug-likeness (QED) is 0.660. The molecule has 1 aromatic rings. The van der Waals surface area contributed by atoms with Crippen molar-refractivity contribution >= 4 is 5.91 Å². The molecule has 0 spiro atoms. The van der Waals surface area contributed by atoms with E-state index in [4.69, 9.17) is 9.84 Å². The Morgan fingerprint density at radius 3 is 2.71 bits per heavy atom. The topological polar surface area (TPSA) is 101 Å². The summed E-state index contributed by atoms with van der Waals surface area (Å²) in [7, 11) is 0. The van der Waals surface area contributed by atoms with Crippen LogP contribution >= 0.6 is 0 Å². The maximum absolute atomic E-state index is 11.9. The number of aromatic amines is 1. The summed E-state index contributed by atoms with van der Waals surface area (Å²) in [5, 5.41) is 8.67. The van der Waals surface area contributed by atoms with Crippen LogP contribution in [-0.4, -0.2) is 33.8 Å². The molecule has 0 aliphatic carbocycles. The molecule has 7 nitrogen and oxygen atoms in total. The van der Waals surface area contributed by atoms with Crippen molar-refractivity contribution in [1.29, 1.82) is 0 Å². The Bertz CT molecular complexity index is 561. The average Bonchev–Trinajstić information content (AvgIpc) is 2.46. The lowest BCUT2D eigenvalue weighted by Crippen LogP contribution is -2.34. The number of carbonyl (C=O) groups excluding carboxylic acids is 1. The van der Waals surface area contributed by atoms with Crippen molar-refractivity contribution in [2.24, 2.45) is 0 Å². The number of H-pyrrole nitrogens is 1. The Hall–Kier alpha value is -1.89. The van der Waals surface area contributed by atoms with Crippen molar-refractivity contribution in [3.63, 3.8) is 0 Å². The third-order valence-electron chi connectivity index (χ3n) is 2.98. The minimum absolute atomic E-state index is 0.0215. The number of hydrogen-bond donors (Lipinski definition) is 2. The highest BCUT2D eigenvalue weighted by Crippen LogP contribution is 2.04. The van der Waals surface area contributed by atoms with Crippen LogP contribution in [0.1, 0.15) is 50.2 Å². The molecule has 0 atom stereocenters. The van der Waals surface area contributed by atoms with Gasteiger partial charge in [-0.25, -0.2) is 9.36 Å². The van der Waals surface area contributed by atoms with Gasteiger partial charge >= 0.3 is 5.69 Å². The van der Waals surface area contributed by atoms with E-state index in [2.05, 4.69) is 4.98 Å². The molecule has 0 bridgehead atoms. The molecule has 0 radical (unpaired) electrons. The van der Waals surface area contributed by atoms with E-state index >= 15 is 0 Å². The zero-order chi connectivity index (χ0) is 15.7. The van der Waals surface area contributed by atoms with Crippen LogP contribution in [-0.2, 0) is 0 Å². The lowest BCUT2D eigenvalue weighted by Gasteiger charge is -2.07. The summed E-state index contributed by atoms with van der Waals surface area (Å²) in [6.45, 7) is 2.44. The number of nitrogens with one attached hydrogen (secondary N) is 1. The van der Waals surface area contributed by atoms with Gasteiger partial charge in [0.15, 0.2) is 0 Å². The lowest BCUT2D eigenvalue weighted by molar-refractivity contribution is 0.0890. The molecule has 118 valence electrons. The average molecular weight is 298 g/mol. The molecule has 0 aliphatic heterocycles. The highest BCUT2D eigenvalue weighted by atomic mass is 16.5. The molecule has 1 aromatic heterocycles. The summed E-state index contributed by atoms with van der Waals surface area (Å²) in [6, 6.07) is 0. The zero-order valence-corrected chi connectivity index (χ0v) is 12.3. The number of nitrogens with zero attached hydrogens (tertiary/aromatic N) is 1. The Morgan fingerprint density at radius 2 is 2.05 bits per heavy atom. The van der Waals surface area contributed by atoms with Crippen molar-refractivity contribution in [2.75, 3.05) is 13.2 Å². The molecule has 0 saturated heterocycles. The van der Waals surface area contributed by atoms with Gasteiger partial charge in [0.05, 0.1) is 12.8 Å². The number of aliphatic hydroxyl groups excluding tert-OH is 1. The predicted octanol–water partition coefficient (Wildman–Crippen LogP) is 0.908. The van der Waals surface area contributed by atoms with E-state index in [1.54, 1.807) is 0 Å². The van der Waals surface area contributed by atoms with Crippen molar-refractivity contribution in [3.8, 4) is 5.75 Å². The van der Waals surface area contributed by atoms with Crippen LogP contribution in [0.2, 0.25) is 0 Å². The molecular formula is C14H22N2O5. The van der Waals surface area contributed by atoms with Gasteiger partial charge in [-0.15, -0.1) is 0 Å². The Morgan fingerprint density at radius 1 is 1.29 bits per heavy atom. The van der Waals surface area contributed by atoms with E-state index < -0.39 is 17.2 Å². The van der Waals surface area contributed by atoms with Crippen molar-refractivity contribution in [3.05, 3.63) is 27.0 Å². The van der Waals surface area contributed by atoms with Crippen molar-refractivity contribution in [2.45, 2.75) is 45.4 Å². The van der Waals surface area contributed by atoms with Gasteiger partial charge in [0.25, 0.3) is 5.56 Å². The normalized spacial score (nSPS) is 10.6. The number of carbonyl (C=O) groups is 1. The van der Waals surface area contributed by atoms with Crippen molar-refractivity contribution in [1.82, 2.24) is 9.55 Å². The standard InChI is InChI=1S/C14H22N2O5/c1-2-3-9-21-11-10-16(14(20)15-13(11)19)12(18)7-5-4-6-8-17/h10,17H,2-9H2,1H3,(H,15,19,20). The highest BCUT2D eigenvalue weighted by molar-refractivity contribution is 5.78. The number of aromatic nitrogens is 2. The van der Waals surface area contributed by atoms with Crippen molar-refractivity contribution < 1.29 is 14.6 Å². The molecule has 0 saturated carbocycles. The third-order valence-corrected chi connectivity index (χ3v) is 2.98. The van der Waals surface area contributed by atoms with E-state index in [1.807, 2.05) is 6.92 Å². The minimum atomic E-state index is -0.755. The highest BCUT2D eigenvalue weighted by Gasteiger charge is 2.11. The first-order chi connectivity index (χ1) is 10.1. The van der Waals surface area contributed by atoms with Gasteiger partial charge < -0.3 is 9.84 Å². The van der Waals surface area contributed by atoms with E-state index in [0.717, 1.165) is 23.6 Å². The first-order valence-electron chi connectivity index (χ1n) is 7.23. The third kappa shape index (κ3) is 5.55. The number of hydrogen-bond acceptors (Lipinski definition) is 5. The van der Waals surface area contributed by atoms with Gasteiger partial charge in [-0.05, 0) is 19.3 Å². The molecular weight excluding hydrogens is 276 g/mol. The maximum atomic E-state index is 11.9. The molecule has 0 amide bonds. The van der Waals surface area contributed by atoms with Gasteiger partial charge in [0.1, 0.15) is 0 Å². The first-order valence-corrected chi connectivity index (χ1v) is 7.23. The summed E-state index contributed by atoms with van der Waals surface area (Å²) in [5.74, 6) is -0.415. The Balaban J connectivity index is 2.76. The molecule has 1 rings (SSSR count). The number of rotatable bonds is 9. The monoisotopic (exact) mass is 298 g/mol. The molecule has 7 heteroatoms. The number of aliphatic hydroxyl groups is 1. The summed E-state index contributed by atoms with van der Waals surface area (Å²) in [6.07, 6.45) is 4.96. The van der Waals surface area contributed by atoms with Crippen LogP contribution in [0.25, 0.3) is 0 Å². The fourth-order valence-corrected chi connectivity index (χ4v) is 1.75. The molecule has 2 N–H and O–H groups in total. The van der Waals surface area contributed by atoms with Crippen LogP contribution in [0.3, 0.4) is 0 Å². The predicted molar refractivity (Wildman–Crippen MR) is 77.9 cm³/mol. The SMILES string of the molecule is CCCCOc1cn(C(=O)CCCCCO)c(=O)[nH]c1=O. The molecule has 0 aromatic carbocycles. The van der Waals surface area contributed by atoms with Crippen LogP contribution in [0, 0.1) is 0 Å². The molecule has 0 unspecified atom stereocenters. The van der Waals surface area contributed by atoms with Gasteiger partial charge in [0, 0.05) is 13.0 Å². The van der Waals surface area contributed by atoms with Crippen LogP contribution < -0.4 is 16.0 Å². The second-order valence-corrected chi connectivity index (χ2v) is 4.75. The fourth-order valence-electron chi connectivity index (χ4n) is 1.75. The van der Waals surface area contributed by atoms with Gasteiger partial charge in [-0.3, -0.25) is 14.6 Å². The van der Waals surface area contributed by atoms with E-state index in [9.17, 15) is 14.4 Å². The second kappa shape index (κ2) is 9.12. The van der Waals surface area contributed by atoms with Gasteiger partial charge in [-0.2, -0.15) is 0 Å². The summed E-state index contributed by atoms with van der Waals surface area (Å²) >= 11 is 0. The maximum Gasteiger partial charge on any atom is 0.335 e. The summed E-state index contributed by atoms with van der Waals surface area (Å²) in [5.41, 5.74) is -1.38. The second-order valence-electron chi connectivity index (χ2n) is 4.75. The number of ether oxygens (including phenoxy) is 1. The van der Waals surface area contributed by atoms with Gasteiger partial charge in [0.2, 0.25) is 11.7 Å². The Kier molecular flexibility index (Phi) is 7.45. The molecule has 0 aliphatic rings. The van der Waals surface area contributed by atoms with Crippen LogP contribution in [0.5, 0.6) is 5.75 Å². The van der Waals surface area contributed by atoms with Crippen LogP contribution in [0.4, 0.5) is 0 Å². The Labute approximate surface area is 122 Å². The van der Waals surface area contributed by atoms with Gasteiger partial charge in [-0.1, -0.05) is 19.8 Å². The van der Waals surface area contributed by atoms with Crippen LogP contribution in [0.15, 0.2) is 15.8 Å². The van der Waals surface area contributed by atoms with E-state index in [0.29, 0.717) is 25.9 Å². The molecule has 0 fully saturated rings. The minimum Gasteiger partial charge on any atom is -0.487 e.